The number of aromatic nitrogens is 1. The number of rotatable bonds is 3. The SMILES string of the molecule is O=C(N=c1sccn1CCO)C12CC3CC(CC(C3)C1)C2. The van der Waals surface area contributed by atoms with Crippen LogP contribution < -0.4 is 4.80 Å². The Morgan fingerprint density at radius 2 is 1.90 bits per heavy atom. The summed E-state index contributed by atoms with van der Waals surface area (Å²) in [7, 11) is 0. The second-order valence-electron chi connectivity index (χ2n) is 7.22. The number of thiazole rings is 1. The van der Waals surface area contributed by atoms with Crippen molar-refractivity contribution in [2.75, 3.05) is 6.61 Å². The van der Waals surface area contributed by atoms with E-state index in [1.54, 1.807) is 0 Å². The van der Waals surface area contributed by atoms with Gasteiger partial charge in [0.1, 0.15) is 0 Å². The monoisotopic (exact) mass is 306 g/mol. The molecule has 0 atom stereocenters. The van der Waals surface area contributed by atoms with Gasteiger partial charge in [0.2, 0.25) is 0 Å². The first-order chi connectivity index (χ1) is 10.2. The molecule has 0 aliphatic heterocycles. The van der Waals surface area contributed by atoms with Crippen LogP contribution in [0.5, 0.6) is 0 Å². The van der Waals surface area contributed by atoms with Crippen molar-refractivity contribution in [2.24, 2.45) is 28.2 Å². The molecule has 5 rings (SSSR count). The minimum absolute atomic E-state index is 0.0788. The number of carbonyl (C=O) groups excluding carboxylic acids is 1. The van der Waals surface area contributed by atoms with Crippen molar-refractivity contribution in [3.63, 3.8) is 0 Å². The minimum atomic E-state index is -0.157. The molecule has 4 nitrogen and oxygen atoms in total. The number of hydrogen-bond donors (Lipinski definition) is 1. The van der Waals surface area contributed by atoms with Crippen LogP contribution in [0.15, 0.2) is 16.6 Å². The van der Waals surface area contributed by atoms with Gasteiger partial charge < -0.3 is 9.67 Å². The van der Waals surface area contributed by atoms with Crippen molar-refractivity contribution < 1.29 is 9.90 Å². The fraction of sp³-hybridized carbons (Fsp3) is 0.750. The molecule has 1 aromatic rings. The lowest BCUT2D eigenvalue weighted by Gasteiger charge is -2.55. The summed E-state index contributed by atoms with van der Waals surface area (Å²) in [6, 6.07) is 0. The van der Waals surface area contributed by atoms with E-state index in [0.717, 1.165) is 41.8 Å². The maximum Gasteiger partial charge on any atom is 0.254 e. The van der Waals surface area contributed by atoms with Crippen LogP contribution >= 0.6 is 11.3 Å². The van der Waals surface area contributed by atoms with E-state index in [0.29, 0.717) is 6.54 Å². The molecular formula is C16H22N2O2S. The number of hydrogen-bond acceptors (Lipinski definition) is 3. The summed E-state index contributed by atoms with van der Waals surface area (Å²) in [6.07, 6.45) is 9.11. The molecule has 0 spiro atoms. The first kappa shape index (κ1) is 13.7. The zero-order chi connectivity index (χ0) is 14.4. The molecule has 4 aliphatic rings. The van der Waals surface area contributed by atoms with E-state index >= 15 is 0 Å². The van der Waals surface area contributed by atoms with Crippen molar-refractivity contribution in [3.05, 3.63) is 16.4 Å². The Labute approximate surface area is 128 Å². The highest BCUT2D eigenvalue weighted by Gasteiger charge is 2.54. The van der Waals surface area contributed by atoms with E-state index in [9.17, 15) is 4.79 Å². The average Bonchev–Trinajstić information content (AvgIpc) is 2.85. The van der Waals surface area contributed by atoms with Gasteiger partial charge in [-0.25, -0.2) is 0 Å². The maximum atomic E-state index is 12.9. The highest BCUT2D eigenvalue weighted by molar-refractivity contribution is 7.07. The highest BCUT2D eigenvalue weighted by atomic mass is 32.1. The smallest absolute Gasteiger partial charge is 0.254 e. The Morgan fingerprint density at radius 3 is 2.48 bits per heavy atom. The molecule has 0 aromatic carbocycles. The van der Waals surface area contributed by atoms with Crippen LogP contribution in [-0.4, -0.2) is 22.2 Å². The molecule has 114 valence electrons. The molecule has 4 saturated carbocycles. The summed E-state index contributed by atoms with van der Waals surface area (Å²) in [5, 5.41) is 11.0. The molecular weight excluding hydrogens is 284 g/mol. The van der Waals surface area contributed by atoms with Gasteiger partial charge in [0.05, 0.1) is 12.0 Å². The van der Waals surface area contributed by atoms with E-state index in [1.165, 1.54) is 30.6 Å². The predicted octanol–water partition coefficient (Wildman–Crippen LogP) is 2.19. The van der Waals surface area contributed by atoms with E-state index in [1.807, 2.05) is 16.1 Å². The molecule has 1 aromatic heterocycles. The van der Waals surface area contributed by atoms with Crippen LogP contribution in [0.1, 0.15) is 38.5 Å². The average molecular weight is 306 g/mol. The molecule has 0 unspecified atom stereocenters. The highest BCUT2D eigenvalue weighted by Crippen LogP contribution is 2.60. The molecule has 4 aliphatic carbocycles. The van der Waals surface area contributed by atoms with Crippen LogP contribution in [-0.2, 0) is 11.3 Å². The van der Waals surface area contributed by atoms with Crippen LogP contribution in [0.2, 0.25) is 0 Å². The van der Waals surface area contributed by atoms with E-state index in [-0.39, 0.29) is 17.9 Å². The van der Waals surface area contributed by atoms with Crippen LogP contribution in [0.3, 0.4) is 0 Å². The Kier molecular flexibility index (Phi) is 3.30. The molecule has 0 radical (unpaired) electrons. The second-order valence-corrected chi connectivity index (χ2v) is 8.09. The Hall–Kier alpha value is -0.940. The Morgan fingerprint density at radius 1 is 1.29 bits per heavy atom. The fourth-order valence-corrected chi connectivity index (χ4v) is 6.00. The fourth-order valence-electron chi connectivity index (χ4n) is 5.24. The molecule has 1 heterocycles. The van der Waals surface area contributed by atoms with Gasteiger partial charge in [0.15, 0.2) is 4.80 Å². The van der Waals surface area contributed by atoms with Crippen LogP contribution in [0.25, 0.3) is 0 Å². The Balaban J connectivity index is 1.64. The second kappa shape index (κ2) is 5.06. The molecule has 4 fully saturated rings. The van der Waals surface area contributed by atoms with E-state index in [4.69, 9.17) is 5.11 Å². The lowest BCUT2D eigenvalue weighted by Crippen LogP contribution is -2.49. The number of amides is 1. The zero-order valence-electron chi connectivity index (χ0n) is 12.2. The lowest BCUT2D eigenvalue weighted by molar-refractivity contribution is -0.142. The molecule has 21 heavy (non-hydrogen) atoms. The van der Waals surface area contributed by atoms with Crippen LogP contribution in [0.4, 0.5) is 0 Å². The number of aliphatic hydroxyl groups excluding tert-OH is 1. The first-order valence-corrected chi connectivity index (χ1v) is 8.90. The van der Waals surface area contributed by atoms with Crippen molar-refractivity contribution in [1.82, 2.24) is 4.57 Å². The van der Waals surface area contributed by atoms with Crippen molar-refractivity contribution in [1.29, 1.82) is 0 Å². The van der Waals surface area contributed by atoms with E-state index < -0.39 is 0 Å². The lowest BCUT2D eigenvalue weighted by atomic mass is 9.49. The van der Waals surface area contributed by atoms with Crippen molar-refractivity contribution in [2.45, 2.75) is 45.1 Å². The van der Waals surface area contributed by atoms with Crippen LogP contribution in [0, 0.1) is 23.2 Å². The summed E-state index contributed by atoms with van der Waals surface area (Å²) in [4.78, 5) is 18.1. The summed E-state index contributed by atoms with van der Waals surface area (Å²) in [6.45, 7) is 0.589. The van der Waals surface area contributed by atoms with Gasteiger partial charge in [-0.3, -0.25) is 4.79 Å². The van der Waals surface area contributed by atoms with Crippen molar-refractivity contribution >= 4 is 17.2 Å². The zero-order valence-corrected chi connectivity index (χ0v) is 13.0. The normalized spacial score (nSPS) is 38.1. The summed E-state index contributed by atoms with van der Waals surface area (Å²) < 4.78 is 1.88. The molecule has 0 saturated heterocycles. The van der Waals surface area contributed by atoms with Gasteiger partial charge in [-0.05, 0) is 56.3 Å². The number of nitrogens with zero attached hydrogens (tertiary/aromatic N) is 2. The maximum absolute atomic E-state index is 12.9. The van der Waals surface area contributed by atoms with Crippen molar-refractivity contribution in [3.8, 4) is 0 Å². The third-order valence-corrected chi connectivity index (χ3v) is 6.48. The van der Waals surface area contributed by atoms with Gasteiger partial charge in [0, 0.05) is 18.1 Å². The molecule has 4 bridgehead atoms. The van der Waals surface area contributed by atoms with Gasteiger partial charge in [-0.2, -0.15) is 4.99 Å². The molecule has 5 heteroatoms. The topological polar surface area (TPSA) is 54.6 Å². The third kappa shape index (κ3) is 2.30. The predicted molar refractivity (Wildman–Crippen MR) is 80.6 cm³/mol. The van der Waals surface area contributed by atoms with Gasteiger partial charge in [-0.15, -0.1) is 11.3 Å². The number of carbonyl (C=O) groups is 1. The molecule has 1 amide bonds. The molecule has 1 N–H and O–H groups in total. The largest absolute Gasteiger partial charge is 0.395 e. The Bertz CT molecular complexity index is 581. The minimum Gasteiger partial charge on any atom is -0.395 e. The van der Waals surface area contributed by atoms with Gasteiger partial charge in [0.25, 0.3) is 5.91 Å². The first-order valence-electron chi connectivity index (χ1n) is 8.02. The quantitative estimate of drug-likeness (QED) is 0.930. The standard InChI is InChI=1S/C16H22N2O2S/c19-3-1-18-2-4-21-15(18)17-14(20)16-8-11-5-12(9-16)7-13(6-11)10-16/h2,4,11-13,19H,1,3,5-10H2. The summed E-state index contributed by atoms with van der Waals surface area (Å²) in [5.74, 6) is 2.41. The van der Waals surface area contributed by atoms with Gasteiger partial charge in [-0.1, -0.05) is 0 Å². The summed E-state index contributed by atoms with van der Waals surface area (Å²) >= 11 is 1.49. The third-order valence-electron chi connectivity index (χ3n) is 5.69. The summed E-state index contributed by atoms with van der Waals surface area (Å²) in [5.41, 5.74) is -0.157. The van der Waals surface area contributed by atoms with E-state index in [2.05, 4.69) is 4.99 Å². The number of aliphatic hydroxyl groups is 1. The van der Waals surface area contributed by atoms with Gasteiger partial charge >= 0.3 is 0 Å².